The number of phenols is 1. The summed E-state index contributed by atoms with van der Waals surface area (Å²) < 4.78 is 12.1. The molecular formula is C25H18N4O3. The highest BCUT2D eigenvalue weighted by molar-refractivity contribution is 5.83. The maximum atomic E-state index is 9.70. The highest BCUT2D eigenvalue weighted by atomic mass is 16.5. The van der Waals surface area contributed by atoms with Crippen molar-refractivity contribution < 1.29 is 14.0 Å². The summed E-state index contributed by atoms with van der Waals surface area (Å²) in [6, 6.07) is 20.6. The largest absolute Gasteiger partial charge is 0.508 e. The van der Waals surface area contributed by atoms with Gasteiger partial charge in [0.1, 0.15) is 16.9 Å². The maximum Gasteiger partial charge on any atom is 0.247 e. The average Bonchev–Trinajstić information content (AvgIpc) is 3.29. The molecule has 156 valence electrons. The molecule has 32 heavy (non-hydrogen) atoms. The van der Waals surface area contributed by atoms with Crippen molar-refractivity contribution in [2.24, 2.45) is 0 Å². The Morgan fingerprint density at radius 1 is 0.781 bits per heavy atom. The molecule has 0 unspecified atom stereocenters. The molecule has 1 aliphatic rings. The van der Waals surface area contributed by atoms with Crippen LogP contribution in [0.1, 0.15) is 24.5 Å². The van der Waals surface area contributed by atoms with Crippen LogP contribution in [0.2, 0.25) is 0 Å². The molecule has 7 nitrogen and oxygen atoms in total. The second kappa shape index (κ2) is 7.16. The number of nitrogens with zero attached hydrogens (tertiary/aromatic N) is 4. The lowest BCUT2D eigenvalue weighted by molar-refractivity contribution is 0.345. The molecule has 0 saturated heterocycles. The molecule has 1 saturated carbocycles. The molecule has 0 bridgehead atoms. The Kier molecular flexibility index (Phi) is 4.14. The minimum atomic E-state index is -0.508. The molecule has 0 radical (unpaired) electrons. The molecule has 2 aromatic carbocycles. The van der Waals surface area contributed by atoms with E-state index in [1.165, 1.54) is 0 Å². The number of pyridine rings is 1. The summed E-state index contributed by atoms with van der Waals surface area (Å²) in [4.78, 5) is 4.04. The van der Waals surface area contributed by atoms with E-state index in [1.54, 1.807) is 24.5 Å². The van der Waals surface area contributed by atoms with Crippen LogP contribution in [0.5, 0.6) is 5.75 Å². The SMILES string of the molecule is Oc1ccc(-c2noc(C3(c4nnc(-c5ccncc5)o4)CC3)c2-c2ccccc2)cc1. The van der Waals surface area contributed by atoms with Crippen LogP contribution < -0.4 is 0 Å². The number of rotatable bonds is 5. The quantitative estimate of drug-likeness (QED) is 0.414. The van der Waals surface area contributed by atoms with E-state index in [-0.39, 0.29) is 5.75 Å². The fourth-order valence-corrected chi connectivity index (χ4v) is 4.00. The third-order valence-electron chi connectivity index (χ3n) is 5.84. The Bertz CT molecular complexity index is 1370. The summed E-state index contributed by atoms with van der Waals surface area (Å²) in [5.41, 5.74) is 3.78. The van der Waals surface area contributed by atoms with E-state index in [4.69, 9.17) is 8.94 Å². The van der Waals surface area contributed by atoms with Gasteiger partial charge < -0.3 is 14.0 Å². The Morgan fingerprint density at radius 2 is 1.53 bits per heavy atom. The van der Waals surface area contributed by atoms with Gasteiger partial charge in [-0.3, -0.25) is 4.98 Å². The van der Waals surface area contributed by atoms with Crippen molar-refractivity contribution >= 4 is 0 Å². The first-order valence-corrected chi connectivity index (χ1v) is 10.3. The molecule has 5 aromatic rings. The average molecular weight is 422 g/mol. The summed E-state index contributed by atoms with van der Waals surface area (Å²) in [5.74, 6) is 1.90. The zero-order valence-electron chi connectivity index (χ0n) is 17.0. The molecule has 6 rings (SSSR count). The van der Waals surface area contributed by atoms with Gasteiger partial charge in [0.2, 0.25) is 11.8 Å². The third kappa shape index (κ3) is 2.98. The summed E-state index contributed by atoms with van der Waals surface area (Å²) in [6.07, 6.45) is 5.05. The van der Waals surface area contributed by atoms with Gasteiger partial charge in [-0.25, -0.2) is 0 Å². The highest BCUT2D eigenvalue weighted by Crippen LogP contribution is 2.57. The lowest BCUT2D eigenvalue weighted by Gasteiger charge is -2.10. The summed E-state index contributed by atoms with van der Waals surface area (Å²) in [6.45, 7) is 0. The zero-order valence-corrected chi connectivity index (χ0v) is 17.0. The molecule has 0 spiro atoms. The Morgan fingerprint density at radius 3 is 2.25 bits per heavy atom. The van der Waals surface area contributed by atoms with E-state index in [2.05, 4.69) is 20.3 Å². The number of phenolic OH excluding ortho intramolecular Hbond substituents is 1. The van der Waals surface area contributed by atoms with Crippen molar-refractivity contribution in [2.75, 3.05) is 0 Å². The van der Waals surface area contributed by atoms with Crippen LogP contribution in [0, 0.1) is 0 Å². The van der Waals surface area contributed by atoms with E-state index >= 15 is 0 Å². The standard InChI is InChI=1S/C25H18N4O3/c30-19-8-6-17(7-9-19)21-20(16-4-2-1-3-5-16)22(32-29-21)25(12-13-25)24-28-27-23(31-24)18-10-14-26-15-11-18/h1-11,14-15,30H,12-13H2. The fraction of sp³-hybridized carbons (Fsp3) is 0.120. The molecule has 7 heteroatoms. The summed E-state index contributed by atoms with van der Waals surface area (Å²) in [5, 5.41) is 22.8. The summed E-state index contributed by atoms with van der Waals surface area (Å²) >= 11 is 0. The Hall–Kier alpha value is -4.26. The Balaban J connectivity index is 1.49. The van der Waals surface area contributed by atoms with Gasteiger partial charge in [-0.2, -0.15) is 0 Å². The number of aromatic hydroxyl groups is 1. The van der Waals surface area contributed by atoms with Crippen LogP contribution in [0.4, 0.5) is 0 Å². The van der Waals surface area contributed by atoms with Crippen molar-refractivity contribution in [3.63, 3.8) is 0 Å². The number of benzene rings is 2. The number of hydrogen-bond donors (Lipinski definition) is 1. The van der Waals surface area contributed by atoms with Gasteiger partial charge in [0, 0.05) is 23.5 Å². The van der Waals surface area contributed by atoms with Gasteiger partial charge in [0.05, 0.1) is 5.56 Å². The van der Waals surface area contributed by atoms with Gasteiger partial charge in [-0.15, -0.1) is 10.2 Å². The fourth-order valence-electron chi connectivity index (χ4n) is 4.00. The van der Waals surface area contributed by atoms with Crippen LogP contribution >= 0.6 is 0 Å². The van der Waals surface area contributed by atoms with E-state index in [9.17, 15) is 5.11 Å². The van der Waals surface area contributed by atoms with Gasteiger partial charge in [0.15, 0.2) is 5.76 Å². The molecule has 1 fully saturated rings. The lowest BCUT2D eigenvalue weighted by Crippen LogP contribution is -2.09. The molecule has 1 aliphatic carbocycles. The van der Waals surface area contributed by atoms with Crippen LogP contribution in [0.25, 0.3) is 33.8 Å². The monoisotopic (exact) mass is 422 g/mol. The van der Waals surface area contributed by atoms with E-state index < -0.39 is 5.41 Å². The lowest BCUT2D eigenvalue weighted by atomic mass is 9.92. The van der Waals surface area contributed by atoms with Gasteiger partial charge in [-0.05, 0) is 54.8 Å². The molecule has 0 amide bonds. The molecule has 1 N–H and O–H groups in total. The predicted molar refractivity (Wildman–Crippen MR) is 117 cm³/mol. The normalized spacial score (nSPS) is 14.4. The van der Waals surface area contributed by atoms with Gasteiger partial charge in [0.25, 0.3) is 0 Å². The first kappa shape index (κ1) is 18.5. The van der Waals surface area contributed by atoms with Crippen molar-refractivity contribution in [1.82, 2.24) is 20.3 Å². The third-order valence-corrected chi connectivity index (χ3v) is 5.84. The maximum absolute atomic E-state index is 9.70. The second-order valence-corrected chi connectivity index (χ2v) is 7.88. The zero-order chi connectivity index (χ0) is 21.5. The van der Waals surface area contributed by atoms with E-state index in [0.717, 1.165) is 40.9 Å². The second-order valence-electron chi connectivity index (χ2n) is 7.88. The number of aromatic nitrogens is 4. The van der Waals surface area contributed by atoms with Crippen LogP contribution in [-0.2, 0) is 5.41 Å². The van der Waals surface area contributed by atoms with Crippen molar-refractivity contribution in [2.45, 2.75) is 18.3 Å². The summed E-state index contributed by atoms with van der Waals surface area (Å²) in [7, 11) is 0. The van der Waals surface area contributed by atoms with E-state index in [0.29, 0.717) is 17.5 Å². The minimum Gasteiger partial charge on any atom is -0.508 e. The predicted octanol–water partition coefficient (Wildman–Crippen LogP) is 5.24. The van der Waals surface area contributed by atoms with Crippen molar-refractivity contribution in [1.29, 1.82) is 0 Å². The first-order valence-electron chi connectivity index (χ1n) is 10.3. The van der Waals surface area contributed by atoms with E-state index in [1.807, 2.05) is 54.6 Å². The topological polar surface area (TPSA) is 98.1 Å². The van der Waals surface area contributed by atoms with Crippen LogP contribution in [0.15, 0.2) is 88.1 Å². The number of hydrogen-bond acceptors (Lipinski definition) is 7. The van der Waals surface area contributed by atoms with Gasteiger partial charge in [-0.1, -0.05) is 35.5 Å². The van der Waals surface area contributed by atoms with Gasteiger partial charge >= 0.3 is 0 Å². The molecular weight excluding hydrogens is 404 g/mol. The van der Waals surface area contributed by atoms with Crippen molar-refractivity contribution in [3.8, 4) is 39.6 Å². The first-order chi connectivity index (χ1) is 15.7. The van der Waals surface area contributed by atoms with Crippen LogP contribution in [0.3, 0.4) is 0 Å². The highest BCUT2D eigenvalue weighted by Gasteiger charge is 2.56. The van der Waals surface area contributed by atoms with Crippen LogP contribution in [-0.4, -0.2) is 25.4 Å². The smallest absolute Gasteiger partial charge is 0.247 e. The molecule has 3 heterocycles. The molecule has 3 aromatic heterocycles. The van der Waals surface area contributed by atoms with Crippen molar-refractivity contribution in [3.05, 3.63) is 90.8 Å². The Labute approximate surface area is 183 Å². The minimum absolute atomic E-state index is 0.201. The molecule has 0 aliphatic heterocycles. The molecule has 0 atom stereocenters.